The molecule has 0 bridgehead atoms. The number of pyridine rings is 1. The van der Waals surface area contributed by atoms with E-state index < -0.39 is 0 Å². The summed E-state index contributed by atoms with van der Waals surface area (Å²) in [4.78, 5) is 17.3. The van der Waals surface area contributed by atoms with Crippen LogP contribution in [0.15, 0.2) is 71.3 Å². The van der Waals surface area contributed by atoms with E-state index in [-0.39, 0.29) is 5.91 Å². The summed E-state index contributed by atoms with van der Waals surface area (Å²) in [5.74, 6) is 1.25. The molecule has 146 valence electrons. The summed E-state index contributed by atoms with van der Waals surface area (Å²) in [6.45, 7) is 4.87. The van der Waals surface area contributed by atoms with Crippen LogP contribution in [0.3, 0.4) is 0 Å². The number of aryl methyl sites for hydroxylation is 1. The molecule has 0 saturated carbocycles. The van der Waals surface area contributed by atoms with Crippen LogP contribution < -0.4 is 10.1 Å². The van der Waals surface area contributed by atoms with Gasteiger partial charge in [0.15, 0.2) is 0 Å². The quantitative estimate of drug-likeness (QED) is 0.499. The molecular weight excluding hydrogens is 364 g/mol. The number of ether oxygens (including phenoxy) is 1. The molecule has 0 aliphatic heterocycles. The van der Waals surface area contributed by atoms with Gasteiger partial charge in [-0.15, -0.1) is 0 Å². The van der Waals surface area contributed by atoms with Crippen molar-refractivity contribution in [3.63, 3.8) is 0 Å². The van der Waals surface area contributed by atoms with Crippen molar-refractivity contribution in [2.75, 3.05) is 6.61 Å². The third-order valence-electron chi connectivity index (χ3n) is 4.68. The van der Waals surface area contributed by atoms with Crippen LogP contribution in [0.5, 0.6) is 5.75 Å². The molecular formula is C24H22N2O3. The van der Waals surface area contributed by atoms with Crippen LogP contribution in [0.25, 0.3) is 22.2 Å². The Morgan fingerprint density at radius 3 is 2.66 bits per heavy atom. The third-order valence-corrected chi connectivity index (χ3v) is 4.68. The predicted molar refractivity (Wildman–Crippen MR) is 113 cm³/mol. The number of hydrogen-bond donors (Lipinski definition) is 1. The van der Waals surface area contributed by atoms with E-state index in [1.54, 1.807) is 18.4 Å². The molecule has 0 fully saturated rings. The van der Waals surface area contributed by atoms with Crippen molar-refractivity contribution in [2.24, 2.45) is 0 Å². The lowest BCUT2D eigenvalue weighted by Crippen LogP contribution is -2.22. The van der Waals surface area contributed by atoms with Gasteiger partial charge in [-0.2, -0.15) is 0 Å². The van der Waals surface area contributed by atoms with E-state index in [2.05, 4.69) is 36.5 Å². The van der Waals surface area contributed by atoms with Gasteiger partial charge in [0.25, 0.3) is 5.91 Å². The molecule has 0 aliphatic rings. The number of amides is 1. The van der Waals surface area contributed by atoms with Crippen LogP contribution in [0.2, 0.25) is 0 Å². The summed E-state index contributed by atoms with van der Waals surface area (Å²) in [5, 5.41) is 3.68. The molecule has 0 unspecified atom stereocenters. The highest BCUT2D eigenvalue weighted by Crippen LogP contribution is 2.31. The second kappa shape index (κ2) is 8.19. The minimum atomic E-state index is -0.173. The van der Waals surface area contributed by atoms with E-state index in [9.17, 15) is 4.79 Å². The van der Waals surface area contributed by atoms with E-state index in [1.807, 2.05) is 31.2 Å². The molecule has 1 N–H and O–H groups in total. The molecule has 2 aromatic heterocycles. The maximum atomic E-state index is 12.6. The Balaban J connectivity index is 1.67. The number of carbonyl (C=O) groups excluding carboxylic acids is 1. The maximum Gasteiger partial charge on any atom is 0.251 e. The molecule has 0 saturated heterocycles. The summed E-state index contributed by atoms with van der Waals surface area (Å²) in [6, 6.07) is 19.2. The molecule has 29 heavy (non-hydrogen) atoms. The first-order chi connectivity index (χ1) is 14.1. The molecule has 5 nitrogen and oxygen atoms in total. The summed E-state index contributed by atoms with van der Waals surface area (Å²) in [7, 11) is 0. The second-order valence-electron chi connectivity index (χ2n) is 6.80. The number of carbonyl (C=O) groups is 1. The molecule has 0 aliphatic carbocycles. The average Bonchev–Trinajstić information content (AvgIpc) is 3.26. The number of fused-ring (bicyclic) bond motifs is 1. The topological polar surface area (TPSA) is 64.4 Å². The van der Waals surface area contributed by atoms with E-state index in [4.69, 9.17) is 14.1 Å². The van der Waals surface area contributed by atoms with Crippen LogP contribution in [0, 0.1) is 6.92 Å². The Bertz CT molecular complexity index is 1130. The molecule has 4 aromatic rings. The van der Waals surface area contributed by atoms with Crippen molar-refractivity contribution < 1.29 is 13.9 Å². The first-order valence-corrected chi connectivity index (χ1v) is 9.59. The minimum Gasteiger partial charge on any atom is -0.493 e. The number of benzene rings is 2. The van der Waals surface area contributed by atoms with Gasteiger partial charge < -0.3 is 14.5 Å². The first kappa shape index (κ1) is 18.7. The van der Waals surface area contributed by atoms with Crippen molar-refractivity contribution in [3.8, 4) is 17.0 Å². The standard InChI is InChI=1S/C24H22N2O3/c1-3-28-23-14-22(17-8-6-16(2)7-9-17)26-21-11-10-18(13-20(21)23)24(27)25-15-19-5-4-12-29-19/h4-14H,3,15H2,1-2H3,(H,25,27). The highest BCUT2D eigenvalue weighted by atomic mass is 16.5. The molecule has 4 rings (SSSR count). The predicted octanol–water partition coefficient (Wildman–Crippen LogP) is 5.13. The Labute approximate surface area is 169 Å². The van der Waals surface area contributed by atoms with Gasteiger partial charge in [-0.1, -0.05) is 29.8 Å². The third kappa shape index (κ3) is 4.14. The molecule has 1 amide bonds. The van der Waals surface area contributed by atoms with Gasteiger partial charge in [0.1, 0.15) is 11.5 Å². The van der Waals surface area contributed by atoms with E-state index in [0.717, 1.165) is 22.2 Å². The number of nitrogens with zero attached hydrogens (tertiary/aromatic N) is 1. The van der Waals surface area contributed by atoms with Crippen LogP contribution in [-0.2, 0) is 6.54 Å². The largest absolute Gasteiger partial charge is 0.493 e. The van der Waals surface area contributed by atoms with E-state index >= 15 is 0 Å². The lowest BCUT2D eigenvalue weighted by molar-refractivity contribution is 0.0948. The fourth-order valence-electron chi connectivity index (χ4n) is 3.17. The second-order valence-corrected chi connectivity index (χ2v) is 6.80. The SMILES string of the molecule is CCOc1cc(-c2ccc(C)cc2)nc2ccc(C(=O)NCc3ccco3)cc12. The Morgan fingerprint density at radius 1 is 1.10 bits per heavy atom. The monoisotopic (exact) mass is 386 g/mol. The zero-order valence-electron chi connectivity index (χ0n) is 16.4. The normalized spacial score (nSPS) is 10.8. The van der Waals surface area contributed by atoms with Crippen LogP contribution in [-0.4, -0.2) is 17.5 Å². The average molecular weight is 386 g/mol. The zero-order valence-corrected chi connectivity index (χ0v) is 16.4. The molecule has 0 radical (unpaired) electrons. The fourth-order valence-corrected chi connectivity index (χ4v) is 3.17. The van der Waals surface area contributed by atoms with Gasteiger partial charge in [-0.05, 0) is 44.2 Å². The molecule has 0 spiro atoms. The van der Waals surface area contributed by atoms with Gasteiger partial charge in [-0.3, -0.25) is 4.79 Å². The van der Waals surface area contributed by atoms with Crippen LogP contribution >= 0.6 is 0 Å². The van der Waals surface area contributed by atoms with Gasteiger partial charge in [0.2, 0.25) is 0 Å². The van der Waals surface area contributed by atoms with Gasteiger partial charge in [0.05, 0.1) is 30.6 Å². The van der Waals surface area contributed by atoms with Crippen molar-refractivity contribution in [3.05, 3.63) is 83.8 Å². The number of hydrogen-bond acceptors (Lipinski definition) is 4. The van der Waals surface area contributed by atoms with Gasteiger partial charge in [-0.25, -0.2) is 4.98 Å². The lowest BCUT2D eigenvalue weighted by atomic mass is 10.1. The lowest BCUT2D eigenvalue weighted by Gasteiger charge is -2.12. The Kier molecular flexibility index (Phi) is 5.29. The highest BCUT2D eigenvalue weighted by Gasteiger charge is 2.13. The molecule has 5 heteroatoms. The minimum absolute atomic E-state index is 0.173. The number of furan rings is 1. The molecule has 2 aromatic carbocycles. The Morgan fingerprint density at radius 2 is 1.93 bits per heavy atom. The first-order valence-electron chi connectivity index (χ1n) is 9.59. The van der Waals surface area contributed by atoms with Crippen molar-refractivity contribution >= 4 is 16.8 Å². The molecule has 2 heterocycles. The van der Waals surface area contributed by atoms with Crippen molar-refractivity contribution in [1.82, 2.24) is 10.3 Å². The van der Waals surface area contributed by atoms with Gasteiger partial charge in [0, 0.05) is 22.6 Å². The maximum absolute atomic E-state index is 12.6. The summed E-state index contributed by atoms with van der Waals surface area (Å²) >= 11 is 0. The fraction of sp³-hybridized carbons (Fsp3) is 0.167. The van der Waals surface area contributed by atoms with Gasteiger partial charge >= 0.3 is 0 Å². The zero-order chi connectivity index (χ0) is 20.2. The van der Waals surface area contributed by atoms with Crippen molar-refractivity contribution in [1.29, 1.82) is 0 Å². The van der Waals surface area contributed by atoms with Crippen molar-refractivity contribution in [2.45, 2.75) is 20.4 Å². The summed E-state index contributed by atoms with van der Waals surface area (Å²) in [5.41, 5.74) is 4.41. The summed E-state index contributed by atoms with van der Waals surface area (Å²) < 4.78 is 11.1. The smallest absolute Gasteiger partial charge is 0.251 e. The number of rotatable bonds is 6. The van der Waals surface area contributed by atoms with Crippen LogP contribution in [0.1, 0.15) is 28.6 Å². The highest BCUT2D eigenvalue weighted by molar-refractivity contribution is 5.99. The van der Waals surface area contributed by atoms with E-state index in [0.29, 0.717) is 30.2 Å². The number of aromatic nitrogens is 1. The van der Waals surface area contributed by atoms with E-state index in [1.165, 1.54) is 5.56 Å². The Hall–Kier alpha value is -3.60. The molecule has 0 atom stereocenters. The number of nitrogens with one attached hydrogen (secondary N) is 1. The van der Waals surface area contributed by atoms with Crippen LogP contribution in [0.4, 0.5) is 0 Å². The summed E-state index contributed by atoms with van der Waals surface area (Å²) in [6.07, 6.45) is 1.59.